The van der Waals surface area contributed by atoms with Crippen molar-refractivity contribution in [3.05, 3.63) is 0 Å². The molecule has 0 bridgehead atoms. The zero-order chi connectivity index (χ0) is 13.8. The van der Waals surface area contributed by atoms with Crippen molar-refractivity contribution in [2.24, 2.45) is 0 Å². The molecule has 0 radical (unpaired) electrons. The molecule has 1 aliphatic heterocycles. The predicted octanol–water partition coefficient (Wildman–Crippen LogP) is 1.06. The predicted molar refractivity (Wildman–Crippen MR) is 66.5 cm³/mol. The van der Waals surface area contributed by atoms with Crippen molar-refractivity contribution in [2.45, 2.75) is 45.3 Å². The summed E-state index contributed by atoms with van der Waals surface area (Å²) in [5, 5.41) is 11.6. The maximum atomic E-state index is 11.4. The molecule has 104 valence electrons. The number of aliphatic carboxylic acids is 1. The van der Waals surface area contributed by atoms with E-state index in [0.29, 0.717) is 19.5 Å². The smallest absolute Gasteiger partial charge is 0.407 e. The van der Waals surface area contributed by atoms with E-state index in [1.807, 2.05) is 4.90 Å². The Morgan fingerprint density at radius 3 is 2.67 bits per heavy atom. The van der Waals surface area contributed by atoms with Gasteiger partial charge in [-0.1, -0.05) is 0 Å². The third kappa shape index (κ3) is 4.91. The van der Waals surface area contributed by atoms with E-state index in [-0.39, 0.29) is 0 Å². The Morgan fingerprint density at radius 2 is 2.11 bits per heavy atom. The van der Waals surface area contributed by atoms with Crippen molar-refractivity contribution < 1.29 is 19.4 Å². The van der Waals surface area contributed by atoms with Gasteiger partial charge in [-0.15, -0.1) is 0 Å². The van der Waals surface area contributed by atoms with Gasteiger partial charge in [0.05, 0.1) is 0 Å². The quantitative estimate of drug-likeness (QED) is 0.788. The number of alkyl carbamates (subject to hydrolysis) is 1. The topological polar surface area (TPSA) is 78.9 Å². The Balaban J connectivity index is 2.25. The van der Waals surface area contributed by atoms with E-state index in [4.69, 9.17) is 9.84 Å². The molecule has 1 rings (SSSR count). The number of hydrogen-bond donors (Lipinski definition) is 2. The van der Waals surface area contributed by atoms with Crippen molar-refractivity contribution >= 4 is 12.1 Å². The van der Waals surface area contributed by atoms with Gasteiger partial charge < -0.3 is 15.2 Å². The first kappa shape index (κ1) is 14.8. The van der Waals surface area contributed by atoms with Crippen LogP contribution in [0.2, 0.25) is 0 Å². The molecule has 0 unspecified atom stereocenters. The summed E-state index contributed by atoms with van der Waals surface area (Å²) < 4.78 is 5.09. The normalized spacial score (nSPS) is 20.7. The molecule has 1 saturated heterocycles. The van der Waals surface area contributed by atoms with E-state index >= 15 is 0 Å². The number of carboxylic acid groups (broad SMARTS) is 1. The van der Waals surface area contributed by atoms with Gasteiger partial charge in [0.2, 0.25) is 0 Å². The Hall–Kier alpha value is -1.30. The van der Waals surface area contributed by atoms with E-state index < -0.39 is 23.7 Å². The third-order valence-corrected chi connectivity index (χ3v) is 2.72. The van der Waals surface area contributed by atoms with Crippen LogP contribution in [-0.2, 0) is 9.53 Å². The molecule has 1 atom stereocenters. The lowest BCUT2D eigenvalue weighted by atomic mass is 10.2. The first-order valence-corrected chi connectivity index (χ1v) is 6.23. The van der Waals surface area contributed by atoms with Crippen molar-refractivity contribution in [1.82, 2.24) is 10.2 Å². The summed E-state index contributed by atoms with van der Waals surface area (Å²) >= 11 is 0. The largest absolute Gasteiger partial charge is 0.480 e. The lowest BCUT2D eigenvalue weighted by Crippen LogP contribution is -2.42. The van der Waals surface area contributed by atoms with Crippen LogP contribution in [0.3, 0.4) is 0 Å². The molecule has 0 aromatic carbocycles. The highest BCUT2D eigenvalue weighted by Crippen LogP contribution is 2.16. The molecule has 0 aromatic heterocycles. The molecule has 0 aliphatic carbocycles. The molecular weight excluding hydrogens is 236 g/mol. The summed E-state index contributed by atoms with van der Waals surface area (Å²) in [4.78, 5) is 24.2. The molecule has 6 heteroatoms. The minimum atomic E-state index is -0.787. The molecule has 1 heterocycles. The average Bonchev–Trinajstić information content (AvgIpc) is 2.62. The van der Waals surface area contributed by atoms with Gasteiger partial charge in [0.15, 0.2) is 0 Å². The number of hydrogen-bond acceptors (Lipinski definition) is 4. The highest BCUT2D eigenvalue weighted by Gasteiger charge is 2.29. The maximum absolute atomic E-state index is 11.4. The molecule has 2 N–H and O–H groups in total. The molecule has 0 spiro atoms. The molecular formula is C12H22N2O4. The van der Waals surface area contributed by atoms with Gasteiger partial charge in [-0.2, -0.15) is 0 Å². The highest BCUT2D eigenvalue weighted by molar-refractivity contribution is 5.73. The van der Waals surface area contributed by atoms with Crippen LogP contribution in [0.15, 0.2) is 0 Å². The van der Waals surface area contributed by atoms with Crippen molar-refractivity contribution in [3.8, 4) is 0 Å². The van der Waals surface area contributed by atoms with Crippen LogP contribution >= 0.6 is 0 Å². The minimum Gasteiger partial charge on any atom is -0.480 e. The zero-order valence-electron chi connectivity index (χ0n) is 11.2. The van der Waals surface area contributed by atoms with Gasteiger partial charge in [0.25, 0.3) is 0 Å². The highest BCUT2D eigenvalue weighted by atomic mass is 16.6. The van der Waals surface area contributed by atoms with Gasteiger partial charge in [-0.3, -0.25) is 9.69 Å². The van der Waals surface area contributed by atoms with Crippen LogP contribution in [0.25, 0.3) is 0 Å². The SMILES string of the molecule is CC(C)(C)OC(=O)NCCN1CCC[C@H]1C(=O)O. The van der Waals surface area contributed by atoms with Crippen LogP contribution < -0.4 is 5.32 Å². The summed E-state index contributed by atoms with van der Waals surface area (Å²) in [7, 11) is 0. The number of rotatable bonds is 4. The van der Waals surface area contributed by atoms with Gasteiger partial charge in [-0.05, 0) is 40.2 Å². The number of carbonyl (C=O) groups is 2. The van der Waals surface area contributed by atoms with E-state index in [9.17, 15) is 9.59 Å². The van der Waals surface area contributed by atoms with Crippen molar-refractivity contribution in [2.75, 3.05) is 19.6 Å². The van der Waals surface area contributed by atoms with Crippen LogP contribution in [0.5, 0.6) is 0 Å². The van der Waals surface area contributed by atoms with Gasteiger partial charge in [0.1, 0.15) is 11.6 Å². The van der Waals surface area contributed by atoms with E-state index in [2.05, 4.69) is 5.32 Å². The lowest BCUT2D eigenvalue weighted by Gasteiger charge is -2.22. The second-order valence-corrected chi connectivity index (χ2v) is 5.46. The van der Waals surface area contributed by atoms with Gasteiger partial charge >= 0.3 is 12.1 Å². The maximum Gasteiger partial charge on any atom is 0.407 e. The Labute approximate surface area is 107 Å². The van der Waals surface area contributed by atoms with Crippen LogP contribution in [0.1, 0.15) is 33.6 Å². The van der Waals surface area contributed by atoms with Gasteiger partial charge in [0, 0.05) is 13.1 Å². The monoisotopic (exact) mass is 258 g/mol. The second kappa shape index (κ2) is 6.04. The van der Waals surface area contributed by atoms with E-state index in [1.165, 1.54) is 0 Å². The Morgan fingerprint density at radius 1 is 1.44 bits per heavy atom. The molecule has 0 saturated carbocycles. The van der Waals surface area contributed by atoms with Crippen LogP contribution in [-0.4, -0.2) is 53.3 Å². The molecule has 0 aromatic rings. The Bertz CT molecular complexity index is 312. The van der Waals surface area contributed by atoms with E-state index in [1.54, 1.807) is 20.8 Å². The minimum absolute atomic E-state index is 0.401. The number of ether oxygens (including phenoxy) is 1. The zero-order valence-corrected chi connectivity index (χ0v) is 11.2. The van der Waals surface area contributed by atoms with Gasteiger partial charge in [-0.25, -0.2) is 4.79 Å². The first-order chi connectivity index (χ1) is 8.29. The van der Waals surface area contributed by atoms with Crippen LogP contribution in [0, 0.1) is 0 Å². The standard InChI is InChI=1S/C12H22N2O4/c1-12(2,3)18-11(17)13-6-8-14-7-4-5-9(14)10(15)16/h9H,4-8H2,1-3H3,(H,13,17)(H,15,16)/t9-/m0/s1. The second-order valence-electron chi connectivity index (χ2n) is 5.46. The molecule has 1 aliphatic rings. The molecule has 18 heavy (non-hydrogen) atoms. The summed E-state index contributed by atoms with van der Waals surface area (Å²) in [5.74, 6) is -0.787. The molecule has 1 amide bonds. The fourth-order valence-corrected chi connectivity index (χ4v) is 1.99. The van der Waals surface area contributed by atoms with E-state index in [0.717, 1.165) is 13.0 Å². The first-order valence-electron chi connectivity index (χ1n) is 6.23. The summed E-state index contributed by atoms with van der Waals surface area (Å²) in [5.41, 5.74) is -0.513. The third-order valence-electron chi connectivity index (χ3n) is 2.72. The fourth-order valence-electron chi connectivity index (χ4n) is 1.99. The number of carbonyl (C=O) groups excluding carboxylic acids is 1. The summed E-state index contributed by atoms with van der Waals surface area (Å²) in [6, 6.07) is -0.412. The molecule has 6 nitrogen and oxygen atoms in total. The number of nitrogens with zero attached hydrogens (tertiary/aromatic N) is 1. The number of nitrogens with one attached hydrogen (secondary N) is 1. The Kier molecular flexibility index (Phi) is 4.95. The summed E-state index contributed by atoms with van der Waals surface area (Å²) in [6.07, 6.45) is 1.11. The average molecular weight is 258 g/mol. The van der Waals surface area contributed by atoms with Crippen molar-refractivity contribution in [1.29, 1.82) is 0 Å². The molecule has 1 fully saturated rings. The van der Waals surface area contributed by atoms with Crippen LogP contribution in [0.4, 0.5) is 4.79 Å². The summed E-state index contributed by atoms with van der Waals surface area (Å²) in [6.45, 7) is 7.11. The lowest BCUT2D eigenvalue weighted by molar-refractivity contribution is -0.142. The van der Waals surface area contributed by atoms with Crippen molar-refractivity contribution in [3.63, 3.8) is 0 Å². The number of amides is 1. The number of likely N-dealkylation sites (tertiary alicyclic amines) is 1. The number of carboxylic acids is 1. The fraction of sp³-hybridized carbons (Fsp3) is 0.833.